The van der Waals surface area contributed by atoms with Gasteiger partial charge in [-0.2, -0.15) is 10.1 Å². The lowest BCUT2D eigenvalue weighted by Crippen LogP contribution is -2.44. The highest BCUT2D eigenvalue weighted by atomic mass is 16.6. The van der Waals surface area contributed by atoms with Crippen LogP contribution in [0.1, 0.15) is 24.5 Å². The Labute approximate surface area is 143 Å². The summed E-state index contributed by atoms with van der Waals surface area (Å²) >= 11 is 0. The van der Waals surface area contributed by atoms with Crippen molar-refractivity contribution in [3.05, 3.63) is 70.0 Å². The maximum Gasteiger partial charge on any atom is 0.269 e. The molecular formula is C17H16N4O4. The Balaban J connectivity index is 1.83. The molecule has 1 aliphatic rings. The molecule has 0 fully saturated rings. The predicted octanol–water partition coefficient (Wildman–Crippen LogP) is 1.99. The molecule has 0 saturated carbocycles. The first-order chi connectivity index (χ1) is 11.9. The number of hydrazone groups is 1. The molecule has 0 aliphatic carbocycles. The fourth-order valence-corrected chi connectivity index (χ4v) is 2.79. The van der Waals surface area contributed by atoms with Crippen molar-refractivity contribution in [1.82, 2.24) is 9.99 Å². The van der Waals surface area contributed by atoms with Crippen LogP contribution in [0.5, 0.6) is 0 Å². The van der Waals surface area contributed by atoms with Gasteiger partial charge < -0.3 is 5.11 Å². The second-order valence-electron chi connectivity index (χ2n) is 5.88. The minimum Gasteiger partial charge on any atom is -0.365 e. The van der Waals surface area contributed by atoms with Crippen LogP contribution in [0.15, 0.2) is 53.9 Å². The molecule has 1 amide bonds. The van der Waals surface area contributed by atoms with E-state index < -0.39 is 16.6 Å². The maximum absolute atomic E-state index is 12.7. The van der Waals surface area contributed by atoms with E-state index >= 15 is 0 Å². The summed E-state index contributed by atoms with van der Waals surface area (Å²) < 4.78 is 0. The second-order valence-corrected chi connectivity index (χ2v) is 5.88. The van der Waals surface area contributed by atoms with Gasteiger partial charge in [0.1, 0.15) is 0 Å². The monoisotopic (exact) mass is 340 g/mol. The SMILES string of the molecule is CC1=NN(C(=O)Cc2ccc([N+](=O)[O-])cc2)[C@@](O)(c2cccnc2)C1. The molecule has 1 aromatic heterocycles. The van der Waals surface area contributed by atoms with Gasteiger partial charge >= 0.3 is 0 Å². The van der Waals surface area contributed by atoms with Crippen LogP contribution in [0.2, 0.25) is 0 Å². The van der Waals surface area contributed by atoms with Crippen molar-refractivity contribution < 1.29 is 14.8 Å². The molecule has 8 nitrogen and oxygen atoms in total. The van der Waals surface area contributed by atoms with Gasteiger partial charge in [-0.15, -0.1) is 0 Å². The van der Waals surface area contributed by atoms with Gasteiger partial charge in [0.05, 0.1) is 11.3 Å². The van der Waals surface area contributed by atoms with Gasteiger partial charge in [0.2, 0.25) is 5.91 Å². The molecule has 3 rings (SSSR count). The van der Waals surface area contributed by atoms with Crippen LogP contribution in [0, 0.1) is 10.1 Å². The number of carbonyl (C=O) groups is 1. The molecule has 0 radical (unpaired) electrons. The average Bonchev–Trinajstić information content (AvgIpc) is 2.92. The number of aromatic nitrogens is 1. The Bertz CT molecular complexity index is 835. The lowest BCUT2D eigenvalue weighted by Gasteiger charge is -2.31. The van der Waals surface area contributed by atoms with Gasteiger partial charge in [-0.3, -0.25) is 19.9 Å². The number of benzene rings is 1. The summed E-state index contributed by atoms with van der Waals surface area (Å²) in [7, 11) is 0. The highest BCUT2D eigenvalue weighted by Gasteiger charge is 2.44. The van der Waals surface area contributed by atoms with E-state index in [1.807, 2.05) is 0 Å². The van der Waals surface area contributed by atoms with E-state index in [2.05, 4.69) is 10.1 Å². The number of aliphatic hydroxyl groups is 1. The van der Waals surface area contributed by atoms with E-state index in [-0.39, 0.29) is 18.5 Å². The van der Waals surface area contributed by atoms with Crippen molar-refractivity contribution >= 4 is 17.3 Å². The van der Waals surface area contributed by atoms with Gasteiger partial charge in [-0.1, -0.05) is 18.2 Å². The molecule has 2 aromatic rings. The van der Waals surface area contributed by atoms with Crippen molar-refractivity contribution in [2.45, 2.75) is 25.5 Å². The van der Waals surface area contributed by atoms with E-state index in [1.54, 1.807) is 25.3 Å². The minimum absolute atomic E-state index is 0.0304. The van der Waals surface area contributed by atoms with Crippen LogP contribution < -0.4 is 0 Å². The average molecular weight is 340 g/mol. The Morgan fingerprint density at radius 3 is 2.68 bits per heavy atom. The molecule has 1 atom stereocenters. The molecule has 0 saturated heterocycles. The van der Waals surface area contributed by atoms with Gasteiger partial charge in [-0.25, -0.2) is 0 Å². The molecular weight excluding hydrogens is 324 g/mol. The molecule has 8 heteroatoms. The van der Waals surface area contributed by atoms with E-state index in [1.165, 1.54) is 30.5 Å². The third-order valence-electron chi connectivity index (χ3n) is 3.99. The summed E-state index contributed by atoms with van der Waals surface area (Å²) in [6, 6.07) is 9.09. The third-order valence-corrected chi connectivity index (χ3v) is 3.99. The predicted molar refractivity (Wildman–Crippen MR) is 89.5 cm³/mol. The molecule has 1 N–H and O–H groups in total. The first-order valence-electron chi connectivity index (χ1n) is 7.63. The largest absolute Gasteiger partial charge is 0.365 e. The standard InChI is InChI=1S/C17H16N4O4/c1-12-10-17(23,14-3-2-8-18-11-14)20(19-12)16(22)9-13-4-6-15(7-5-13)21(24)25/h2-8,11,23H,9-10H2,1H3/t17-/m0/s1. The zero-order chi connectivity index (χ0) is 18.0. The highest BCUT2D eigenvalue weighted by Crippen LogP contribution is 2.35. The summed E-state index contributed by atoms with van der Waals surface area (Å²) in [5.74, 6) is -0.406. The Morgan fingerprint density at radius 1 is 1.36 bits per heavy atom. The van der Waals surface area contributed by atoms with Gasteiger partial charge in [0, 0.05) is 42.2 Å². The Hall–Kier alpha value is -3.13. The fourth-order valence-electron chi connectivity index (χ4n) is 2.79. The van der Waals surface area contributed by atoms with Crippen LogP contribution in [-0.4, -0.2) is 31.6 Å². The van der Waals surface area contributed by atoms with Crippen molar-refractivity contribution in [2.75, 3.05) is 0 Å². The minimum atomic E-state index is -1.57. The fraction of sp³-hybridized carbons (Fsp3) is 0.235. The first kappa shape index (κ1) is 16.7. The van der Waals surface area contributed by atoms with Crippen LogP contribution in [0.3, 0.4) is 0 Å². The summed E-state index contributed by atoms with van der Waals surface area (Å²) in [4.78, 5) is 26.9. The van der Waals surface area contributed by atoms with Crippen molar-refractivity contribution in [3.8, 4) is 0 Å². The molecule has 1 aromatic carbocycles. The zero-order valence-corrected chi connectivity index (χ0v) is 13.5. The number of nitro benzene ring substituents is 1. The second kappa shape index (κ2) is 6.40. The number of nitrogens with zero attached hydrogens (tertiary/aromatic N) is 4. The summed E-state index contributed by atoms with van der Waals surface area (Å²) in [6.07, 6.45) is 3.25. The molecule has 0 bridgehead atoms. The molecule has 1 aliphatic heterocycles. The number of pyridine rings is 1. The van der Waals surface area contributed by atoms with Gasteiger partial charge in [0.25, 0.3) is 5.69 Å². The number of non-ortho nitro benzene ring substituents is 1. The molecule has 0 spiro atoms. The lowest BCUT2D eigenvalue weighted by molar-refractivity contribution is -0.384. The first-order valence-corrected chi connectivity index (χ1v) is 7.63. The maximum atomic E-state index is 12.7. The highest BCUT2D eigenvalue weighted by molar-refractivity contribution is 5.89. The molecule has 0 unspecified atom stereocenters. The van der Waals surface area contributed by atoms with E-state index in [4.69, 9.17) is 0 Å². The van der Waals surface area contributed by atoms with Crippen LogP contribution in [0.4, 0.5) is 5.69 Å². The molecule has 25 heavy (non-hydrogen) atoms. The van der Waals surface area contributed by atoms with E-state index in [9.17, 15) is 20.0 Å². The quantitative estimate of drug-likeness (QED) is 0.676. The normalized spacial score (nSPS) is 19.6. The van der Waals surface area contributed by atoms with Crippen LogP contribution >= 0.6 is 0 Å². The van der Waals surface area contributed by atoms with Crippen molar-refractivity contribution in [2.24, 2.45) is 5.10 Å². The summed E-state index contributed by atoms with van der Waals surface area (Å²) in [6.45, 7) is 1.74. The number of carbonyl (C=O) groups excluding carboxylic acids is 1. The van der Waals surface area contributed by atoms with Crippen LogP contribution in [-0.2, 0) is 16.9 Å². The zero-order valence-electron chi connectivity index (χ0n) is 13.5. The van der Waals surface area contributed by atoms with E-state index in [0.29, 0.717) is 16.8 Å². The smallest absolute Gasteiger partial charge is 0.269 e. The number of rotatable bonds is 4. The molecule has 2 heterocycles. The lowest BCUT2D eigenvalue weighted by atomic mass is 9.99. The topological polar surface area (TPSA) is 109 Å². The summed E-state index contributed by atoms with van der Waals surface area (Å²) in [5.41, 5.74) is 0.0916. The Morgan fingerprint density at radius 2 is 2.08 bits per heavy atom. The molecule has 128 valence electrons. The van der Waals surface area contributed by atoms with Gasteiger partial charge in [0.15, 0.2) is 5.72 Å². The number of amides is 1. The Kier molecular flexibility index (Phi) is 4.28. The third kappa shape index (κ3) is 3.24. The summed E-state index contributed by atoms with van der Waals surface area (Å²) in [5, 5.41) is 27.0. The van der Waals surface area contributed by atoms with Crippen molar-refractivity contribution in [1.29, 1.82) is 0 Å². The van der Waals surface area contributed by atoms with E-state index in [0.717, 1.165) is 5.01 Å². The van der Waals surface area contributed by atoms with Crippen molar-refractivity contribution in [3.63, 3.8) is 0 Å². The van der Waals surface area contributed by atoms with Gasteiger partial charge in [-0.05, 0) is 18.6 Å². The number of hydrogen-bond donors (Lipinski definition) is 1. The number of hydrogen-bond acceptors (Lipinski definition) is 6. The number of nitro groups is 1. The van der Waals surface area contributed by atoms with Crippen LogP contribution in [0.25, 0.3) is 0 Å².